The van der Waals surface area contributed by atoms with E-state index in [-0.39, 0.29) is 82.5 Å². The molecule has 0 atom stereocenters. The third-order valence-corrected chi connectivity index (χ3v) is 8.51. The number of hydrogen-bond acceptors (Lipinski definition) is 18. The predicted molar refractivity (Wildman–Crippen MR) is 293 cm³/mol. The van der Waals surface area contributed by atoms with Crippen molar-refractivity contribution >= 4 is 17.9 Å². The summed E-state index contributed by atoms with van der Waals surface area (Å²) in [4.78, 5) is 53.9. The van der Waals surface area contributed by atoms with Crippen LogP contribution in [-0.4, -0.2) is 150 Å². The Balaban J connectivity index is -0.000000834. The van der Waals surface area contributed by atoms with Crippen LogP contribution < -0.4 is 0 Å². The Morgan fingerprint density at radius 2 is 0.513 bits per heavy atom. The number of aliphatic carboxylic acids is 3. The zero-order valence-electron chi connectivity index (χ0n) is 46.8. The summed E-state index contributed by atoms with van der Waals surface area (Å²) >= 11 is 0. The molecule has 24 heteroatoms. The van der Waals surface area contributed by atoms with Crippen molar-refractivity contribution in [2.24, 2.45) is 0 Å². The van der Waals surface area contributed by atoms with Gasteiger partial charge in [0.25, 0.3) is 0 Å². The summed E-state index contributed by atoms with van der Waals surface area (Å²) in [7, 11) is 12.0. The average Bonchev–Trinajstić information content (AvgIpc) is 4.25. The van der Waals surface area contributed by atoms with Crippen molar-refractivity contribution in [3.63, 3.8) is 0 Å². The molecule has 78 heavy (non-hydrogen) atoms. The van der Waals surface area contributed by atoms with Crippen molar-refractivity contribution in [2.45, 2.75) is 80.1 Å². The van der Waals surface area contributed by atoms with Crippen molar-refractivity contribution in [3.8, 4) is 0 Å². The number of pyridine rings is 3. The van der Waals surface area contributed by atoms with Crippen LogP contribution in [0.25, 0.3) is 0 Å². The van der Waals surface area contributed by atoms with Crippen molar-refractivity contribution in [1.82, 2.24) is 74.4 Å². The molecule has 0 unspecified atom stereocenters. The number of hydrogen-bond donors (Lipinski definition) is 3. The zero-order valence-corrected chi connectivity index (χ0v) is 53.6. The average molecular weight is 1620 g/mol. The first kappa shape index (κ1) is 76.2. The molecule has 6 aliphatic heterocycles. The fraction of sp³-hybridized carbons (Fsp3) is 0.333. The second kappa shape index (κ2) is 45.9. The van der Waals surface area contributed by atoms with Crippen molar-refractivity contribution < 1.29 is 92.9 Å². The van der Waals surface area contributed by atoms with E-state index in [0.717, 1.165) is 0 Å². The van der Waals surface area contributed by atoms with Gasteiger partial charge in [-0.1, -0.05) is 79.0 Å². The number of carbonyl (C=O) groups is 3. The standard InChI is InChI=1S/3C8H12N4.3C7H7NO2.3C3H8.3Pt/c3*1-9-3-5-11(7-9)12-6-4-10(2)8-12;3*9-7(10)5-6-3-1-2-4-8-6;3*1-3-2;;;/h3*3-8H,1-2H3;3*1-4H,5H2,(H,9,10);3*3H2,1-2H3;;;/q3*-2;;;;;;;3*+2. The van der Waals surface area contributed by atoms with Gasteiger partial charge in [-0.15, -0.1) is 40.0 Å². The summed E-state index contributed by atoms with van der Waals surface area (Å²) in [6.07, 6.45) is 32.5. The minimum atomic E-state index is -0.848. The van der Waals surface area contributed by atoms with Crippen LogP contribution in [0.4, 0.5) is 0 Å². The summed E-state index contributed by atoms with van der Waals surface area (Å²) in [5, 5.41) is 37.0. The van der Waals surface area contributed by atoms with Gasteiger partial charge in [0.15, 0.2) is 0 Å². The third kappa shape index (κ3) is 36.1. The molecule has 21 nitrogen and oxygen atoms in total. The molecule has 6 aliphatic rings. The molecule has 0 amide bonds. The summed E-state index contributed by atoms with van der Waals surface area (Å²) in [6, 6.07) is 15.6. The molecular formula is C54H81N15O6Pt3. The van der Waals surface area contributed by atoms with Crippen LogP contribution in [0.3, 0.4) is 0 Å². The van der Waals surface area contributed by atoms with Crippen LogP contribution in [0.15, 0.2) is 148 Å². The maximum Gasteiger partial charge on any atom is 2.00 e. The first-order valence-electron chi connectivity index (χ1n) is 24.4. The smallest absolute Gasteiger partial charge is 0.509 e. The Morgan fingerprint density at radius 3 is 0.615 bits per heavy atom. The van der Waals surface area contributed by atoms with E-state index in [9.17, 15) is 14.4 Å². The summed E-state index contributed by atoms with van der Waals surface area (Å²) in [5.41, 5.74) is 1.78. The van der Waals surface area contributed by atoms with Gasteiger partial charge in [0.2, 0.25) is 0 Å². The van der Waals surface area contributed by atoms with Gasteiger partial charge in [0.1, 0.15) is 0 Å². The van der Waals surface area contributed by atoms with E-state index in [1.54, 1.807) is 73.2 Å². The van der Waals surface area contributed by atoms with Crippen LogP contribution in [0.5, 0.6) is 0 Å². The van der Waals surface area contributed by atoms with Gasteiger partial charge in [0, 0.05) is 55.8 Å². The molecule has 9 rings (SSSR count). The molecule has 0 bridgehead atoms. The maximum atomic E-state index is 10.1. The van der Waals surface area contributed by atoms with Crippen LogP contribution in [-0.2, 0) is 96.8 Å². The first-order chi connectivity index (χ1) is 35.9. The quantitative estimate of drug-likeness (QED) is 0.174. The topological polar surface area (TPSA) is 189 Å². The second-order valence-electron chi connectivity index (χ2n) is 16.6. The molecule has 3 N–H and O–H groups in total. The fourth-order valence-electron chi connectivity index (χ4n) is 5.41. The van der Waals surface area contributed by atoms with Gasteiger partial charge in [0.05, 0.1) is 36.3 Å². The van der Waals surface area contributed by atoms with Gasteiger partial charge in [-0.05, 0) is 116 Å². The molecule has 438 valence electrons. The van der Waals surface area contributed by atoms with Crippen LogP contribution in [0, 0.1) is 40.0 Å². The number of carboxylic acid groups (broad SMARTS) is 3. The van der Waals surface area contributed by atoms with Gasteiger partial charge in [-0.25, -0.2) is 0 Å². The van der Waals surface area contributed by atoms with Crippen molar-refractivity contribution in [3.05, 3.63) is 205 Å². The SMILES string of the molecule is CCC.CCC.CCC.CN1C=CN(N2C=CN(C)[CH-]2)[CH-]1.CN1C=CN(N2C=CN(C)[CH-]2)[CH-]1.CN1C=CN(N2C=CN(C)[CH-]2)[CH-]1.O=C(O)Cc1ccccn1.O=C(O)Cc1ccccn1.O=C(O)Cc1ccccn1.[Pt+2].[Pt+2].[Pt+2]. The Kier molecular flexibility index (Phi) is 44.9. The monoisotopic (exact) mass is 1620 g/mol. The number of carboxylic acids is 3. The predicted octanol–water partition coefficient (Wildman–Crippen LogP) is 8.10. The molecule has 9 heterocycles. The molecule has 3 aromatic rings. The normalized spacial score (nSPS) is 14.3. The van der Waals surface area contributed by atoms with Gasteiger partial charge < -0.3 is 74.8 Å². The van der Waals surface area contributed by atoms with E-state index in [1.807, 2.05) is 216 Å². The maximum absolute atomic E-state index is 10.1. The van der Waals surface area contributed by atoms with Crippen LogP contribution in [0.1, 0.15) is 77.9 Å². The van der Waals surface area contributed by atoms with Crippen LogP contribution in [0.2, 0.25) is 0 Å². The molecule has 0 fully saturated rings. The number of hydrazine groups is 3. The molecule has 0 aromatic carbocycles. The summed E-state index contributed by atoms with van der Waals surface area (Å²) in [6.45, 7) is 24.8. The second-order valence-corrected chi connectivity index (χ2v) is 16.6. The van der Waals surface area contributed by atoms with E-state index in [2.05, 4.69) is 56.5 Å². The van der Waals surface area contributed by atoms with Gasteiger partial charge in [-0.3, -0.25) is 29.3 Å². The first-order valence-corrected chi connectivity index (χ1v) is 24.4. The summed E-state index contributed by atoms with van der Waals surface area (Å²) < 4.78 is 0. The number of aromatic nitrogens is 3. The number of nitrogens with zero attached hydrogens (tertiary/aromatic N) is 15. The van der Waals surface area contributed by atoms with Crippen molar-refractivity contribution in [2.75, 3.05) is 42.3 Å². The minimum absolute atomic E-state index is 0. The Bertz CT molecular complexity index is 1870. The molecule has 0 saturated carbocycles. The van der Waals surface area contributed by atoms with E-state index < -0.39 is 17.9 Å². The van der Waals surface area contributed by atoms with E-state index >= 15 is 0 Å². The third-order valence-electron chi connectivity index (χ3n) is 8.51. The van der Waals surface area contributed by atoms with Gasteiger partial charge in [-0.2, -0.15) is 0 Å². The Hall–Kier alpha value is -6.04. The molecule has 0 saturated heterocycles. The Labute approximate surface area is 508 Å². The Morgan fingerprint density at radius 1 is 0.346 bits per heavy atom. The molecule has 0 spiro atoms. The van der Waals surface area contributed by atoms with E-state index in [0.29, 0.717) is 17.1 Å². The number of rotatable bonds is 9. The largest absolute Gasteiger partial charge is 2.00 e. The molecule has 0 aliphatic carbocycles. The molecule has 3 aromatic heterocycles. The molecular weight excluding hydrogens is 1540 g/mol. The van der Waals surface area contributed by atoms with Gasteiger partial charge >= 0.3 is 81.1 Å². The van der Waals surface area contributed by atoms with E-state index in [4.69, 9.17) is 15.3 Å². The molecule has 0 radical (unpaired) electrons. The van der Waals surface area contributed by atoms with E-state index in [1.165, 1.54) is 19.3 Å². The summed E-state index contributed by atoms with van der Waals surface area (Å²) in [5.74, 6) is -2.55. The fourth-order valence-corrected chi connectivity index (χ4v) is 5.41. The van der Waals surface area contributed by atoms with Crippen LogP contribution >= 0.6 is 0 Å². The zero-order chi connectivity index (χ0) is 56.0. The minimum Gasteiger partial charge on any atom is -0.509 e. The van der Waals surface area contributed by atoms with Crippen molar-refractivity contribution in [1.29, 1.82) is 0 Å².